The van der Waals surface area contributed by atoms with E-state index in [9.17, 15) is 0 Å². The monoisotopic (exact) mass is 288 g/mol. The molecular weight excluding hydrogens is 268 g/mol. The summed E-state index contributed by atoms with van der Waals surface area (Å²) in [7, 11) is 0. The maximum atomic E-state index is 6.42. The number of hydrogen-bond donors (Lipinski definition) is 2. The van der Waals surface area contributed by atoms with Gasteiger partial charge in [-0.05, 0) is 57.3 Å². The molecule has 2 heteroatoms. The van der Waals surface area contributed by atoms with Crippen LogP contribution in [0.15, 0.2) is 54.6 Å². The molecule has 0 saturated heterocycles. The highest BCUT2D eigenvalue weighted by Crippen LogP contribution is 2.37. The molecule has 0 aliphatic heterocycles. The lowest BCUT2D eigenvalue weighted by atomic mass is 9.89. The van der Waals surface area contributed by atoms with E-state index in [-0.39, 0.29) is 6.04 Å². The summed E-state index contributed by atoms with van der Waals surface area (Å²) >= 11 is 0. The minimum atomic E-state index is 0.0492. The van der Waals surface area contributed by atoms with Crippen LogP contribution >= 0.6 is 0 Å². The summed E-state index contributed by atoms with van der Waals surface area (Å²) in [6.45, 7) is 0.694. The van der Waals surface area contributed by atoms with Gasteiger partial charge >= 0.3 is 0 Å². The number of benzene rings is 4. The Labute approximate surface area is 130 Å². The second-order valence-electron chi connectivity index (χ2n) is 6.05. The van der Waals surface area contributed by atoms with Crippen molar-refractivity contribution in [2.75, 3.05) is 6.54 Å². The molecule has 0 fully saturated rings. The van der Waals surface area contributed by atoms with E-state index in [1.54, 1.807) is 0 Å². The predicted octanol–water partition coefficient (Wildman–Crippen LogP) is 4.32. The Morgan fingerprint density at radius 1 is 0.773 bits per heavy atom. The molecule has 2 nitrogen and oxygen atoms in total. The number of nitrogens with two attached hydrogens (primary N) is 2. The molecule has 0 radical (unpaired) electrons. The van der Waals surface area contributed by atoms with E-state index in [4.69, 9.17) is 11.5 Å². The lowest BCUT2D eigenvalue weighted by Crippen LogP contribution is -2.13. The summed E-state index contributed by atoms with van der Waals surface area (Å²) in [5, 5.41) is 7.86. The van der Waals surface area contributed by atoms with Crippen LogP contribution < -0.4 is 11.5 Å². The van der Waals surface area contributed by atoms with Gasteiger partial charge in [-0.2, -0.15) is 0 Å². The SMILES string of the molecule is NCCC[C@H](N)c1ccc2ccc3cccc4ccc1c2c34. The topological polar surface area (TPSA) is 52.0 Å². The Morgan fingerprint density at radius 2 is 1.41 bits per heavy atom. The summed E-state index contributed by atoms with van der Waals surface area (Å²) in [5.74, 6) is 0. The van der Waals surface area contributed by atoms with Crippen molar-refractivity contribution >= 4 is 32.3 Å². The van der Waals surface area contributed by atoms with E-state index in [0.717, 1.165) is 12.8 Å². The average Bonchev–Trinajstić information content (AvgIpc) is 2.57. The van der Waals surface area contributed by atoms with Crippen LogP contribution in [0, 0.1) is 0 Å². The first-order valence-corrected chi connectivity index (χ1v) is 7.91. The molecule has 110 valence electrons. The second kappa shape index (κ2) is 5.24. The number of rotatable bonds is 4. The van der Waals surface area contributed by atoms with Crippen LogP contribution in [-0.4, -0.2) is 6.54 Å². The van der Waals surface area contributed by atoms with E-state index < -0.39 is 0 Å². The van der Waals surface area contributed by atoms with Gasteiger partial charge in [0.15, 0.2) is 0 Å². The first kappa shape index (κ1) is 13.5. The molecule has 0 amide bonds. The van der Waals surface area contributed by atoms with Crippen molar-refractivity contribution in [3.05, 3.63) is 60.2 Å². The fourth-order valence-corrected chi connectivity index (χ4v) is 3.57. The molecule has 0 unspecified atom stereocenters. The van der Waals surface area contributed by atoms with Gasteiger partial charge in [0.25, 0.3) is 0 Å². The van der Waals surface area contributed by atoms with Gasteiger partial charge in [0, 0.05) is 6.04 Å². The smallest absolute Gasteiger partial charge is 0.0301 e. The molecule has 22 heavy (non-hydrogen) atoms. The molecule has 0 bridgehead atoms. The van der Waals surface area contributed by atoms with E-state index in [0.29, 0.717) is 6.54 Å². The zero-order valence-corrected chi connectivity index (χ0v) is 12.5. The summed E-state index contributed by atoms with van der Waals surface area (Å²) < 4.78 is 0. The summed E-state index contributed by atoms with van der Waals surface area (Å²) in [6.07, 6.45) is 1.89. The van der Waals surface area contributed by atoms with Crippen LogP contribution in [0.5, 0.6) is 0 Å². The van der Waals surface area contributed by atoms with Crippen molar-refractivity contribution in [1.29, 1.82) is 0 Å². The van der Waals surface area contributed by atoms with Gasteiger partial charge in [0.05, 0.1) is 0 Å². The first-order valence-electron chi connectivity index (χ1n) is 7.91. The Bertz CT molecular complexity index is 926. The van der Waals surface area contributed by atoms with Gasteiger partial charge in [-0.1, -0.05) is 54.6 Å². The fourth-order valence-electron chi connectivity index (χ4n) is 3.57. The lowest BCUT2D eigenvalue weighted by Gasteiger charge is -2.18. The molecular formula is C20H20N2. The summed E-state index contributed by atoms with van der Waals surface area (Å²) in [4.78, 5) is 0. The maximum absolute atomic E-state index is 6.42. The van der Waals surface area contributed by atoms with Gasteiger partial charge < -0.3 is 11.5 Å². The Hall–Kier alpha value is -2.16. The predicted molar refractivity (Wildman–Crippen MR) is 95.4 cm³/mol. The first-order chi connectivity index (χ1) is 10.8. The zero-order chi connectivity index (χ0) is 15.1. The number of hydrogen-bond acceptors (Lipinski definition) is 2. The highest BCUT2D eigenvalue weighted by Gasteiger charge is 2.14. The molecule has 0 spiro atoms. The molecule has 0 aromatic heterocycles. The third kappa shape index (κ3) is 1.96. The lowest BCUT2D eigenvalue weighted by molar-refractivity contribution is 0.622. The molecule has 0 saturated carbocycles. The highest BCUT2D eigenvalue weighted by molar-refractivity contribution is 6.23. The summed E-state index contributed by atoms with van der Waals surface area (Å²) in [6, 6.07) is 19.8. The van der Waals surface area contributed by atoms with Crippen molar-refractivity contribution in [3.63, 3.8) is 0 Å². The molecule has 0 aliphatic carbocycles. The molecule has 4 aromatic carbocycles. The zero-order valence-electron chi connectivity index (χ0n) is 12.5. The Kier molecular flexibility index (Phi) is 3.21. The fraction of sp³-hybridized carbons (Fsp3) is 0.200. The van der Waals surface area contributed by atoms with Gasteiger partial charge in [-0.15, -0.1) is 0 Å². The Morgan fingerprint density at radius 3 is 2.14 bits per heavy atom. The quantitative estimate of drug-likeness (QED) is 0.549. The van der Waals surface area contributed by atoms with Crippen molar-refractivity contribution in [2.45, 2.75) is 18.9 Å². The second-order valence-corrected chi connectivity index (χ2v) is 6.05. The van der Waals surface area contributed by atoms with E-state index in [2.05, 4.69) is 54.6 Å². The van der Waals surface area contributed by atoms with Crippen LogP contribution in [0.25, 0.3) is 32.3 Å². The highest BCUT2D eigenvalue weighted by atomic mass is 14.6. The van der Waals surface area contributed by atoms with Crippen LogP contribution in [-0.2, 0) is 0 Å². The molecule has 4 aromatic rings. The van der Waals surface area contributed by atoms with Crippen LogP contribution in [0.3, 0.4) is 0 Å². The minimum absolute atomic E-state index is 0.0492. The van der Waals surface area contributed by atoms with Gasteiger partial charge in [0.1, 0.15) is 0 Å². The normalized spacial score (nSPS) is 13.4. The van der Waals surface area contributed by atoms with Gasteiger partial charge in [-0.3, -0.25) is 0 Å². The van der Waals surface area contributed by atoms with Crippen molar-refractivity contribution in [2.24, 2.45) is 11.5 Å². The minimum Gasteiger partial charge on any atom is -0.330 e. The van der Waals surface area contributed by atoms with E-state index >= 15 is 0 Å². The maximum Gasteiger partial charge on any atom is 0.0301 e. The summed E-state index contributed by atoms with van der Waals surface area (Å²) in [5.41, 5.74) is 13.3. The van der Waals surface area contributed by atoms with Crippen LogP contribution in [0.1, 0.15) is 24.4 Å². The van der Waals surface area contributed by atoms with E-state index in [1.165, 1.54) is 37.9 Å². The van der Waals surface area contributed by atoms with Crippen molar-refractivity contribution in [3.8, 4) is 0 Å². The van der Waals surface area contributed by atoms with Crippen LogP contribution in [0.4, 0.5) is 0 Å². The molecule has 1 atom stereocenters. The van der Waals surface area contributed by atoms with Gasteiger partial charge in [-0.25, -0.2) is 0 Å². The van der Waals surface area contributed by atoms with Crippen molar-refractivity contribution < 1.29 is 0 Å². The van der Waals surface area contributed by atoms with Crippen LogP contribution in [0.2, 0.25) is 0 Å². The Balaban J connectivity index is 2.04. The molecule has 4 rings (SSSR count). The third-order valence-corrected chi connectivity index (χ3v) is 4.68. The largest absolute Gasteiger partial charge is 0.330 e. The molecule has 0 heterocycles. The van der Waals surface area contributed by atoms with E-state index in [1.807, 2.05) is 0 Å². The molecule has 4 N–H and O–H groups in total. The average molecular weight is 288 g/mol. The third-order valence-electron chi connectivity index (χ3n) is 4.68. The van der Waals surface area contributed by atoms with Crippen molar-refractivity contribution in [1.82, 2.24) is 0 Å². The standard InChI is InChI=1S/C20H20N2/c21-12-2-5-18(22)16-10-8-15-7-6-13-3-1-4-14-9-11-17(16)20(15)19(13)14/h1,3-4,6-11,18H,2,5,12,21-22H2/t18-/m0/s1. The molecule has 0 aliphatic rings. The van der Waals surface area contributed by atoms with Gasteiger partial charge in [0.2, 0.25) is 0 Å².